The molecule has 1 aromatic rings. The first-order valence-corrected chi connectivity index (χ1v) is 6.83. The van der Waals surface area contributed by atoms with Crippen LogP contribution < -0.4 is 5.73 Å². The van der Waals surface area contributed by atoms with Crippen LogP contribution in [0.15, 0.2) is 18.2 Å². The first-order valence-electron chi connectivity index (χ1n) is 6.45. The third-order valence-electron chi connectivity index (χ3n) is 3.81. The standard InChI is InChI=1S/C14H20ClFN2/c1-9(2)18-6-5-11(8-17)14(18)10-3-4-13(16)12(15)7-10/h3-4,7,9,11,14H,5-6,8,17H2,1-2H3. The lowest BCUT2D eigenvalue weighted by Crippen LogP contribution is -2.33. The largest absolute Gasteiger partial charge is 0.330 e. The Morgan fingerprint density at radius 1 is 1.50 bits per heavy atom. The summed E-state index contributed by atoms with van der Waals surface area (Å²) in [6.07, 6.45) is 1.09. The van der Waals surface area contributed by atoms with Crippen LogP contribution in [-0.2, 0) is 0 Å². The smallest absolute Gasteiger partial charge is 0.141 e. The van der Waals surface area contributed by atoms with Crippen LogP contribution >= 0.6 is 11.6 Å². The molecule has 0 bridgehead atoms. The lowest BCUT2D eigenvalue weighted by molar-refractivity contribution is 0.184. The number of likely N-dealkylation sites (tertiary alicyclic amines) is 1. The third-order valence-corrected chi connectivity index (χ3v) is 4.10. The molecular weight excluding hydrogens is 251 g/mol. The highest BCUT2D eigenvalue weighted by Gasteiger charge is 2.35. The van der Waals surface area contributed by atoms with Gasteiger partial charge >= 0.3 is 0 Å². The van der Waals surface area contributed by atoms with Crippen LogP contribution in [0.3, 0.4) is 0 Å². The van der Waals surface area contributed by atoms with Crippen molar-refractivity contribution in [3.05, 3.63) is 34.6 Å². The molecule has 2 atom stereocenters. The predicted molar refractivity (Wildman–Crippen MR) is 73.2 cm³/mol. The molecular formula is C14H20ClFN2. The van der Waals surface area contributed by atoms with Crippen molar-refractivity contribution in [3.8, 4) is 0 Å². The number of hydrogen-bond donors (Lipinski definition) is 1. The van der Waals surface area contributed by atoms with Crippen molar-refractivity contribution in [2.24, 2.45) is 11.7 Å². The fourth-order valence-corrected chi connectivity index (χ4v) is 3.06. The Morgan fingerprint density at radius 3 is 2.78 bits per heavy atom. The minimum absolute atomic E-state index is 0.193. The van der Waals surface area contributed by atoms with Crippen LogP contribution in [0.2, 0.25) is 5.02 Å². The number of nitrogens with zero attached hydrogens (tertiary/aromatic N) is 1. The summed E-state index contributed by atoms with van der Waals surface area (Å²) >= 11 is 5.89. The zero-order chi connectivity index (χ0) is 13.3. The van der Waals surface area contributed by atoms with Crippen LogP contribution in [0.1, 0.15) is 31.9 Å². The lowest BCUT2D eigenvalue weighted by Gasteiger charge is -2.31. The van der Waals surface area contributed by atoms with E-state index in [1.807, 2.05) is 6.07 Å². The minimum Gasteiger partial charge on any atom is -0.330 e. The van der Waals surface area contributed by atoms with E-state index in [0.717, 1.165) is 18.5 Å². The monoisotopic (exact) mass is 270 g/mol. The van der Waals surface area contributed by atoms with Gasteiger partial charge in [0.15, 0.2) is 0 Å². The highest BCUT2D eigenvalue weighted by molar-refractivity contribution is 6.30. The maximum Gasteiger partial charge on any atom is 0.141 e. The van der Waals surface area contributed by atoms with Crippen LogP contribution in [0, 0.1) is 11.7 Å². The first-order chi connectivity index (χ1) is 8.54. The quantitative estimate of drug-likeness (QED) is 0.914. The summed E-state index contributed by atoms with van der Waals surface area (Å²) in [5.41, 5.74) is 6.93. The van der Waals surface area contributed by atoms with Crippen LogP contribution in [0.25, 0.3) is 0 Å². The molecule has 0 saturated carbocycles. The molecule has 0 aromatic heterocycles. The fourth-order valence-electron chi connectivity index (χ4n) is 2.87. The van der Waals surface area contributed by atoms with Gasteiger partial charge in [-0.05, 0) is 57.0 Å². The van der Waals surface area contributed by atoms with Gasteiger partial charge in [0.25, 0.3) is 0 Å². The van der Waals surface area contributed by atoms with Gasteiger partial charge in [0.2, 0.25) is 0 Å². The topological polar surface area (TPSA) is 29.3 Å². The van der Waals surface area contributed by atoms with E-state index in [4.69, 9.17) is 17.3 Å². The molecule has 0 radical (unpaired) electrons. The van der Waals surface area contributed by atoms with Crippen molar-refractivity contribution in [1.82, 2.24) is 4.90 Å². The second-order valence-electron chi connectivity index (χ2n) is 5.23. The summed E-state index contributed by atoms with van der Waals surface area (Å²) in [7, 11) is 0. The molecule has 1 saturated heterocycles. The molecule has 4 heteroatoms. The van der Waals surface area contributed by atoms with Crippen molar-refractivity contribution in [2.75, 3.05) is 13.1 Å². The SMILES string of the molecule is CC(C)N1CCC(CN)C1c1ccc(F)c(Cl)c1. The van der Waals surface area contributed by atoms with Crippen molar-refractivity contribution < 1.29 is 4.39 Å². The van der Waals surface area contributed by atoms with E-state index in [9.17, 15) is 4.39 Å². The molecule has 1 aliphatic heterocycles. The summed E-state index contributed by atoms with van der Waals surface area (Å²) in [6.45, 7) is 6.05. The number of hydrogen-bond acceptors (Lipinski definition) is 2. The molecule has 2 N–H and O–H groups in total. The van der Waals surface area contributed by atoms with Crippen molar-refractivity contribution in [1.29, 1.82) is 0 Å². The van der Waals surface area contributed by atoms with Gasteiger partial charge in [0.05, 0.1) is 5.02 Å². The van der Waals surface area contributed by atoms with E-state index >= 15 is 0 Å². The maximum absolute atomic E-state index is 13.3. The molecule has 2 nitrogen and oxygen atoms in total. The Labute approximate surface area is 113 Å². The number of nitrogens with two attached hydrogens (primary N) is 1. The highest BCUT2D eigenvalue weighted by atomic mass is 35.5. The van der Waals surface area contributed by atoms with E-state index in [0.29, 0.717) is 18.5 Å². The van der Waals surface area contributed by atoms with Gasteiger partial charge < -0.3 is 5.73 Å². The van der Waals surface area contributed by atoms with Crippen LogP contribution in [-0.4, -0.2) is 24.0 Å². The summed E-state index contributed by atoms with van der Waals surface area (Å²) in [4.78, 5) is 2.42. The van der Waals surface area contributed by atoms with Crippen LogP contribution in [0.4, 0.5) is 4.39 Å². The fraction of sp³-hybridized carbons (Fsp3) is 0.571. The van der Waals surface area contributed by atoms with E-state index < -0.39 is 0 Å². The molecule has 0 aliphatic carbocycles. The molecule has 1 aromatic carbocycles. The Kier molecular flexibility index (Phi) is 4.25. The second kappa shape index (κ2) is 5.55. The first kappa shape index (κ1) is 13.8. The van der Waals surface area contributed by atoms with Gasteiger partial charge in [-0.25, -0.2) is 4.39 Å². The summed E-state index contributed by atoms with van der Waals surface area (Å²) in [6, 6.07) is 5.73. The van der Waals surface area contributed by atoms with Gasteiger partial charge in [0, 0.05) is 12.1 Å². The minimum atomic E-state index is -0.362. The zero-order valence-electron chi connectivity index (χ0n) is 10.9. The van der Waals surface area contributed by atoms with Gasteiger partial charge in [-0.2, -0.15) is 0 Å². The number of halogens is 2. The molecule has 2 rings (SSSR count). The van der Waals surface area contributed by atoms with Gasteiger partial charge in [-0.15, -0.1) is 0 Å². The Balaban J connectivity index is 2.34. The van der Waals surface area contributed by atoms with Crippen molar-refractivity contribution >= 4 is 11.6 Å². The third kappa shape index (κ3) is 2.53. The summed E-state index contributed by atoms with van der Waals surface area (Å²) < 4.78 is 13.3. The molecule has 1 aliphatic rings. The van der Waals surface area contributed by atoms with E-state index in [2.05, 4.69) is 18.7 Å². The second-order valence-corrected chi connectivity index (χ2v) is 5.64. The van der Waals surface area contributed by atoms with Crippen molar-refractivity contribution in [3.63, 3.8) is 0 Å². The highest BCUT2D eigenvalue weighted by Crippen LogP contribution is 2.38. The van der Waals surface area contributed by atoms with Gasteiger partial charge in [0.1, 0.15) is 5.82 Å². The van der Waals surface area contributed by atoms with E-state index in [1.165, 1.54) is 6.07 Å². The molecule has 2 unspecified atom stereocenters. The normalized spacial score (nSPS) is 25.0. The Morgan fingerprint density at radius 2 is 2.22 bits per heavy atom. The molecule has 0 amide bonds. The summed E-state index contributed by atoms with van der Waals surface area (Å²) in [5, 5.41) is 0.193. The molecule has 100 valence electrons. The zero-order valence-corrected chi connectivity index (χ0v) is 11.6. The molecule has 0 spiro atoms. The Hall–Kier alpha value is -0.640. The summed E-state index contributed by atoms with van der Waals surface area (Å²) in [5.74, 6) is 0.0627. The predicted octanol–water partition coefficient (Wildman–Crippen LogP) is 3.21. The molecule has 1 fully saturated rings. The molecule has 1 heterocycles. The number of rotatable bonds is 3. The maximum atomic E-state index is 13.3. The number of benzene rings is 1. The van der Waals surface area contributed by atoms with Gasteiger partial charge in [-0.3, -0.25) is 4.90 Å². The molecule has 18 heavy (non-hydrogen) atoms. The van der Waals surface area contributed by atoms with Crippen molar-refractivity contribution in [2.45, 2.75) is 32.4 Å². The van der Waals surface area contributed by atoms with E-state index in [1.54, 1.807) is 6.07 Å². The van der Waals surface area contributed by atoms with E-state index in [-0.39, 0.29) is 16.9 Å². The average molecular weight is 271 g/mol. The lowest BCUT2D eigenvalue weighted by atomic mass is 9.93. The average Bonchev–Trinajstić information content (AvgIpc) is 2.76. The Bertz CT molecular complexity index is 422. The van der Waals surface area contributed by atoms with Gasteiger partial charge in [-0.1, -0.05) is 17.7 Å². The van der Waals surface area contributed by atoms with Crippen LogP contribution in [0.5, 0.6) is 0 Å².